The van der Waals surface area contributed by atoms with Crippen LogP contribution in [-0.2, 0) is 0 Å². The predicted molar refractivity (Wildman–Crippen MR) is 133 cm³/mol. The number of aliphatic hydroxyl groups excluding tert-OH is 1. The summed E-state index contributed by atoms with van der Waals surface area (Å²) in [6.07, 6.45) is 35.2. The second-order valence-corrected chi connectivity index (χ2v) is 9.29. The number of allylic oxidation sites excluding steroid dienone is 2. The van der Waals surface area contributed by atoms with E-state index in [-0.39, 0.29) is 6.10 Å². The van der Waals surface area contributed by atoms with E-state index in [0.29, 0.717) is 0 Å². The third-order valence-corrected chi connectivity index (χ3v) is 6.19. The van der Waals surface area contributed by atoms with Gasteiger partial charge < -0.3 is 5.11 Å². The van der Waals surface area contributed by atoms with Crippen molar-refractivity contribution in [1.82, 2.24) is 0 Å². The molecule has 174 valence electrons. The van der Waals surface area contributed by atoms with E-state index in [1.54, 1.807) is 0 Å². The molecule has 0 aliphatic carbocycles. The highest BCUT2D eigenvalue weighted by Gasteiger charge is 2.03. The molecule has 0 fully saturated rings. The molecule has 1 heteroatoms. The van der Waals surface area contributed by atoms with Crippen molar-refractivity contribution in [2.75, 3.05) is 0 Å². The molecule has 1 N–H and O–H groups in total. The Bertz CT molecular complexity index is 309. The summed E-state index contributed by atoms with van der Waals surface area (Å²) in [6, 6.07) is 0. The monoisotopic (exact) mass is 408 g/mol. The average Bonchev–Trinajstić information content (AvgIpc) is 2.72. The molecule has 0 aromatic carbocycles. The largest absolute Gasteiger partial charge is 0.393 e. The Kier molecular flexibility index (Phi) is 25.5. The van der Waals surface area contributed by atoms with E-state index in [2.05, 4.69) is 26.0 Å². The zero-order chi connectivity index (χ0) is 21.3. The lowest BCUT2D eigenvalue weighted by molar-refractivity contribution is 0.147. The van der Waals surface area contributed by atoms with E-state index in [4.69, 9.17) is 0 Å². The highest BCUT2D eigenvalue weighted by molar-refractivity contribution is 4.81. The van der Waals surface area contributed by atoms with Gasteiger partial charge in [-0.3, -0.25) is 0 Å². The van der Waals surface area contributed by atoms with Crippen molar-refractivity contribution < 1.29 is 5.11 Å². The molecule has 0 amide bonds. The summed E-state index contributed by atoms with van der Waals surface area (Å²) in [5.41, 5.74) is 0. The molecular formula is C28H56O. The first-order valence-corrected chi connectivity index (χ1v) is 13.6. The molecule has 1 unspecified atom stereocenters. The molecule has 1 nitrogen and oxygen atoms in total. The van der Waals surface area contributed by atoms with Crippen LogP contribution < -0.4 is 0 Å². The molecule has 0 saturated carbocycles. The Morgan fingerprint density at radius 3 is 1.14 bits per heavy atom. The van der Waals surface area contributed by atoms with Crippen LogP contribution in [0.1, 0.15) is 162 Å². The summed E-state index contributed by atoms with van der Waals surface area (Å²) in [4.78, 5) is 0. The maximum absolute atomic E-state index is 10.1. The summed E-state index contributed by atoms with van der Waals surface area (Å²) in [5, 5.41) is 10.1. The van der Waals surface area contributed by atoms with Crippen molar-refractivity contribution >= 4 is 0 Å². The van der Waals surface area contributed by atoms with Crippen molar-refractivity contribution in [3.8, 4) is 0 Å². The lowest BCUT2D eigenvalue weighted by Crippen LogP contribution is -2.05. The minimum atomic E-state index is -0.0394. The van der Waals surface area contributed by atoms with Crippen LogP contribution in [0.25, 0.3) is 0 Å². The number of hydrogen-bond acceptors (Lipinski definition) is 1. The van der Waals surface area contributed by atoms with Gasteiger partial charge >= 0.3 is 0 Å². The minimum absolute atomic E-state index is 0.0394. The first kappa shape index (κ1) is 28.7. The molecule has 0 aromatic rings. The number of hydrogen-bond donors (Lipinski definition) is 1. The van der Waals surface area contributed by atoms with E-state index in [9.17, 15) is 5.11 Å². The lowest BCUT2D eigenvalue weighted by Gasteiger charge is -2.10. The molecule has 29 heavy (non-hydrogen) atoms. The fourth-order valence-electron chi connectivity index (χ4n) is 4.11. The van der Waals surface area contributed by atoms with Gasteiger partial charge in [0.05, 0.1) is 6.10 Å². The minimum Gasteiger partial charge on any atom is -0.393 e. The average molecular weight is 409 g/mol. The SMILES string of the molecule is CCCCCCCC/C=C\CCCCCCCCC(O)CCCCCCCCC. The molecule has 0 radical (unpaired) electrons. The second kappa shape index (κ2) is 25.7. The highest BCUT2D eigenvalue weighted by atomic mass is 16.3. The summed E-state index contributed by atoms with van der Waals surface area (Å²) in [5.74, 6) is 0. The molecule has 0 aromatic heterocycles. The van der Waals surface area contributed by atoms with Crippen molar-refractivity contribution in [2.45, 2.75) is 168 Å². The summed E-state index contributed by atoms with van der Waals surface area (Å²) in [7, 11) is 0. The van der Waals surface area contributed by atoms with E-state index in [1.807, 2.05) is 0 Å². The van der Waals surface area contributed by atoms with Crippen LogP contribution in [0, 0.1) is 0 Å². The second-order valence-electron chi connectivity index (χ2n) is 9.29. The van der Waals surface area contributed by atoms with Crippen LogP contribution in [0.4, 0.5) is 0 Å². The van der Waals surface area contributed by atoms with Gasteiger partial charge in [-0.25, -0.2) is 0 Å². The van der Waals surface area contributed by atoms with Gasteiger partial charge in [-0.15, -0.1) is 0 Å². The zero-order valence-corrected chi connectivity index (χ0v) is 20.4. The first-order valence-electron chi connectivity index (χ1n) is 13.6. The van der Waals surface area contributed by atoms with Crippen molar-refractivity contribution in [1.29, 1.82) is 0 Å². The van der Waals surface area contributed by atoms with Crippen molar-refractivity contribution in [2.24, 2.45) is 0 Å². The van der Waals surface area contributed by atoms with Crippen molar-refractivity contribution in [3.05, 3.63) is 12.2 Å². The summed E-state index contributed by atoms with van der Waals surface area (Å²) >= 11 is 0. The fraction of sp³-hybridized carbons (Fsp3) is 0.929. The molecule has 0 saturated heterocycles. The van der Waals surface area contributed by atoms with Crippen molar-refractivity contribution in [3.63, 3.8) is 0 Å². The van der Waals surface area contributed by atoms with Crippen LogP contribution in [-0.4, -0.2) is 11.2 Å². The number of rotatable bonds is 24. The molecule has 0 spiro atoms. The van der Waals surface area contributed by atoms with Crippen LogP contribution >= 0.6 is 0 Å². The van der Waals surface area contributed by atoms with Gasteiger partial charge in [-0.05, 0) is 38.5 Å². The first-order chi connectivity index (χ1) is 14.3. The van der Waals surface area contributed by atoms with Crippen LogP contribution in [0.2, 0.25) is 0 Å². The van der Waals surface area contributed by atoms with Crippen LogP contribution in [0.15, 0.2) is 12.2 Å². The van der Waals surface area contributed by atoms with Gasteiger partial charge in [0.25, 0.3) is 0 Å². The Morgan fingerprint density at radius 2 is 0.759 bits per heavy atom. The molecule has 0 aliphatic heterocycles. The third-order valence-electron chi connectivity index (χ3n) is 6.19. The molecule has 0 heterocycles. The van der Waals surface area contributed by atoms with Gasteiger partial charge in [0.15, 0.2) is 0 Å². The maximum Gasteiger partial charge on any atom is 0.0540 e. The fourth-order valence-corrected chi connectivity index (χ4v) is 4.11. The number of unbranched alkanes of at least 4 members (excludes halogenated alkanes) is 18. The summed E-state index contributed by atoms with van der Waals surface area (Å²) in [6.45, 7) is 4.55. The molecule has 1 atom stereocenters. The van der Waals surface area contributed by atoms with E-state index >= 15 is 0 Å². The zero-order valence-electron chi connectivity index (χ0n) is 20.4. The number of aliphatic hydroxyl groups is 1. The molecule has 0 rings (SSSR count). The Morgan fingerprint density at radius 1 is 0.448 bits per heavy atom. The van der Waals surface area contributed by atoms with E-state index in [1.165, 1.54) is 135 Å². The Balaban J connectivity index is 3.17. The lowest BCUT2D eigenvalue weighted by atomic mass is 10.0. The molecular weight excluding hydrogens is 352 g/mol. The van der Waals surface area contributed by atoms with Crippen LogP contribution in [0.3, 0.4) is 0 Å². The van der Waals surface area contributed by atoms with Gasteiger partial charge in [0, 0.05) is 0 Å². The van der Waals surface area contributed by atoms with E-state index < -0.39 is 0 Å². The predicted octanol–water partition coefficient (Wildman–Crippen LogP) is 9.92. The van der Waals surface area contributed by atoms with Gasteiger partial charge in [-0.2, -0.15) is 0 Å². The topological polar surface area (TPSA) is 20.2 Å². The standard InChI is InChI=1S/C28H56O/c1-3-5-7-9-11-12-13-14-15-16-17-18-19-21-23-25-27-28(29)26-24-22-20-10-8-6-4-2/h14-15,28-29H,3-13,16-27H2,1-2H3/b15-14-. The maximum atomic E-state index is 10.1. The molecule has 0 aliphatic rings. The van der Waals surface area contributed by atoms with Gasteiger partial charge in [0.1, 0.15) is 0 Å². The normalized spacial score (nSPS) is 12.8. The van der Waals surface area contributed by atoms with E-state index in [0.717, 1.165) is 12.8 Å². The van der Waals surface area contributed by atoms with Crippen LogP contribution in [0.5, 0.6) is 0 Å². The highest BCUT2D eigenvalue weighted by Crippen LogP contribution is 2.15. The smallest absolute Gasteiger partial charge is 0.0540 e. The summed E-state index contributed by atoms with van der Waals surface area (Å²) < 4.78 is 0. The Hall–Kier alpha value is -0.300. The third kappa shape index (κ3) is 25.7. The van der Waals surface area contributed by atoms with Gasteiger partial charge in [0.2, 0.25) is 0 Å². The van der Waals surface area contributed by atoms with Gasteiger partial charge in [-0.1, -0.05) is 135 Å². The Labute approximate surface area is 185 Å². The molecule has 0 bridgehead atoms. The quantitative estimate of drug-likeness (QED) is 0.124.